The monoisotopic (exact) mass is 379 g/mol. The molecule has 0 amide bonds. The zero-order valence-electron chi connectivity index (χ0n) is 13.0. The molecule has 0 aliphatic carbocycles. The van der Waals surface area contributed by atoms with E-state index in [1.807, 2.05) is 61.6 Å². The van der Waals surface area contributed by atoms with Gasteiger partial charge in [0, 0.05) is 7.05 Å². The van der Waals surface area contributed by atoms with Gasteiger partial charge in [-0.25, -0.2) is 0 Å². The lowest BCUT2D eigenvalue weighted by atomic mass is 10.1. The Labute approximate surface area is 148 Å². The lowest BCUT2D eigenvalue weighted by Crippen LogP contribution is -1.94. The molecular weight excluding hydrogens is 366 g/mol. The van der Waals surface area contributed by atoms with Crippen molar-refractivity contribution >= 4 is 27.6 Å². The van der Waals surface area contributed by atoms with E-state index in [1.165, 1.54) is 0 Å². The molecule has 5 heteroatoms. The maximum atomic E-state index is 9.54. The normalized spacial score (nSPS) is 11.1. The van der Waals surface area contributed by atoms with Crippen molar-refractivity contribution in [3.63, 3.8) is 0 Å². The first-order chi connectivity index (χ1) is 11.7. The van der Waals surface area contributed by atoms with E-state index in [2.05, 4.69) is 27.1 Å². The number of halogens is 1. The van der Waals surface area contributed by atoms with Crippen molar-refractivity contribution in [2.45, 2.75) is 0 Å². The Morgan fingerprint density at radius 3 is 2.58 bits per heavy atom. The van der Waals surface area contributed by atoms with Crippen LogP contribution in [0.4, 0.5) is 0 Å². The van der Waals surface area contributed by atoms with Crippen LogP contribution >= 0.6 is 15.9 Å². The van der Waals surface area contributed by atoms with E-state index < -0.39 is 0 Å². The quantitative estimate of drug-likeness (QED) is 0.596. The Bertz CT molecular complexity index is 904. The summed E-state index contributed by atoms with van der Waals surface area (Å²) in [4.78, 5) is 0. The molecular formula is C19H14BrN3O. The predicted molar refractivity (Wildman–Crippen MR) is 97.4 cm³/mol. The number of para-hydroxylation sites is 1. The van der Waals surface area contributed by atoms with Gasteiger partial charge in [-0.05, 0) is 51.8 Å². The molecule has 0 atom stereocenters. The molecule has 0 radical (unpaired) electrons. The summed E-state index contributed by atoms with van der Waals surface area (Å²) >= 11 is 3.44. The molecule has 0 saturated heterocycles. The number of aryl methyl sites for hydroxylation is 1. The number of nitriles is 1. The Balaban J connectivity index is 1.94. The number of nitrogens with zero attached hydrogens (tertiary/aromatic N) is 3. The van der Waals surface area contributed by atoms with Gasteiger partial charge in [-0.2, -0.15) is 10.4 Å². The summed E-state index contributed by atoms with van der Waals surface area (Å²) in [6.07, 6.45) is 3.51. The van der Waals surface area contributed by atoms with E-state index >= 15 is 0 Å². The summed E-state index contributed by atoms with van der Waals surface area (Å²) in [6, 6.07) is 19.3. The van der Waals surface area contributed by atoms with Crippen molar-refractivity contribution in [1.82, 2.24) is 9.78 Å². The van der Waals surface area contributed by atoms with Crippen molar-refractivity contribution in [1.29, 1.82) is 5.26 Å². The zero-order valence-corrected chi connectivity index (χ0v) is 14.6. The highest BCUT2D eigenvalue weighted by Crippen LogP contribution is 2.27. The number of ether oxygens (including phenoxy) is 1. The van der Waals surface area contributed by atoms with Crippen LogP contribution in [0.2, 0.25) is 0 Å². The highest BCUT2D eigenvalue weighted by atomic mass is 79.9. The second kappa shape index (κ2) is 7.16. The zero-order chi connectivity index (χ0) is 16.9. The van der Waals surface area contributed by atoms with Gasteiger partial charge < -0.3 is 4.74 Å². The first kappa shape index (κ1) is 16.0. The van der Waals surface area contributed by atoms with E-state index in [0.29, 0.717) is 11.3 Å². The molecule has 0 N–H and O–H groups in total. The van der Waals surface area contributed by atoms with Gasteiger partial charge in [0.1, 0.15) is 11.5 Å². The number of aromatic nitrogens is 2. The minimum absolute atomic E-state index is 0.540. The molecule has 0 unspecified atom stereocenters. The van der Waals surface area contributed by atoms with Gasteiger partial charge in [-0.15, -0.1) is 0 Å². The van der Waals surface area contributed by atoms with Crippen LogP contribution in [-0.4, -0.2) is 9.78 Å². The van der Waals surface area contributed by atoms with Crippen LogP contribution in [-0.2, 0) is 7.05 Å². The maximum absolute atomic E-state index is 9.54. The third-order valence-corrected chi connectivity index (χ3v) is 4.07. The first-order valence-electron chi connectivity index (χ1n) is 7.30. The van der Waals surface area contributed by atoms with Crippen molar-refractivity contribution in [3.8, 4) is 17.6 Å². The molecule has 1 heterocycles. The van der Waals surface area contributed by atoms with Crippen LogP contribution in [0, 0.1) is 11.3 Å². The minimum Gasteiger partial charge on any atom is -0.457 e. The van der Waals surface area contributed by atoms with Crippen molar-refractivity contribution in [2.24, 2.45) is 7.05 Å². The molecule has 0 fully saturated rings. The van der Waals surface area contributed by atoms with Crippen LogP contribution in [0.25, 0.3) is 11.6 Å². The second-order valence-corrected chi connectivity index (χ2v) is 5.97. The topological polar surface area (TPSA) is 50.8 Å². The molecule has 3 aromatic rings. The first-order valence-corrected chi connectivity index (χ1v) is 8.09. The highest BCUT2D eigenvalue weighted by Gasteiger charge is 2.08. The van der Waals surface area contributed by atoms with E-state index in [1.54, 1.807) is 17.0 Å². The second-order valence-electron chi connectivity index (χ2n) is 5.11. The van der Waals surface area contributed by atoms with E-state index in [-0.39, 0.29) is 0 Å². The Hall–Kier alpha value is -2.84. The fourth-order valence-electron chi connectivity index (χ4n) is 2.25. The highest BCUT2D eigenvalue weighted by molar-refractivity contribution is 9.10. The summed E-state index contributed by atoms with van der Waals surface area (Å²) in [7, 11) is 1.83. The molecule has 3 rings (SSSR count). The van der Waals surface area contributed by atoms with Crippen molar-refractivity contribution < 1.29 is 4.74 Å². The fraction of sp³-hybridized carbons (Fsp3) is 0.0526. The number of hydrogen-bond donors (Lipinski definition) is 0. The Kier molecular flexibility index (Phi) is 4.78. The number of allylic oxidation sites excluding steroid dienone is 1. The molecule has 1 aromatic heterocycles. The molecule has 0 aliphatic heterocycles. The van der Waals surface area contributed by atoms with Gasteiger partial charge in [0.05, 0.1) is 28.0 Å². The van der Waals surface area contributed by atoms with Gasteiger partial charge in [0.15, 0.2) is 0 Å². The number of rotatable bonds is 4. The molecule has 0 spiro atoms. The lowest BCUT2D eigenvalue weighted by molar-refractivity contribution is 0.482. The molecule has 118 valence electrons. The number of hydrogen-bond acceptors (Lipinski definition) is 3. The molecule has 0 saturated carbocycles. The SMILES string of the molecule is Cn1ncc(Br)c1/C=C(\C#N)c1cccc(Oc2ccccc2)c1. The predicted octanol–water partition coefficient (Wildman–Crippen LogP) is 5.04. The fourth-order valence-corrected chi connectivity index (χ4v) is 2.71. The largest absolute Gasteiger partial charge is 0.457 e. The third kappa shape index (κ3) is 3.55. The molecule has 2 aromatic carbocycles. The summed E-state index contributed by atoms with van der Waals surface area (Å²) in [6.45, 7) is 0. The van der Waals surface area contributed by atoms with Crippen LogP contribution in [0.15, 0.2) is 65.3 Å². The average molecular weight is 380 g/mol. The standard InChI is InChI=1S/C19H14BrN3O/c1-23-19(18(20)13-22-23)11-15(12-21)14-6-5-9-17(10-14)24-16-7-3-2-4-8-16/h2-11,13H,1H3/b15-11+. The van der Waals surface area contributed by atoms with Crippen molar-refractivity contribution in [2.75, 3.05) is 0 Å². The Morgan fingerprint density at radius 2 is 1.92 bits per heavy atom. The third-order valence-electron chi connectivity index (χ3n) is 3.46. The van der Waals surface area contributed by atoms with E-state index in [4.69, 9.17) is 4.74 Å². The van der Waals surface area contributed by atoms with E-state index in [9.17, 15) is 5.26 Å². The van der Waals surface area contributed by atoms with Gasteiger partial charge >= 0.3 is 0 Å². The molecule has 0 aliphatic rings. The lowest BCUT2D eigenvalue weighted by Gasteiger charge is -2.07. The summed E-state index contributed by atoms with van der Waals surface area (Å²) in [5.74, 6) is 1.44. The van der Waals surface area contributed by atoms with Gasteiger partial charge in [-0.1, -0.05) is 30.3 Å². The van der Waals surface area contributed by atoms with Crippen LogP contribution in [0.1, 0.15) is 11.3 Å². The van der Waals surface area contributed by atoms with Crippen LogP contribution < -0.4 is 4.74 Å². The number of benzene rings is 2. The van der Waals surface area contributed by atoms with Gasteiger partial charge in [0.2, 0.25) is 0 Å². The smallest absolute Gasteiger partial charge is 0.128 e. The van der Waals surface area contributed by atoms with Crippen LogP contribution in [0.5, 0.6) is 11.5 Å². The maximum Gasteiger partial charge on any atom is 0.128 e. The summed E-state index contributed by atoms with van der Waals surface area (Å²) < 4.78 is 8.39. The van der Waals surface area contributed by atoms with Gasteiger partial charge in [-0.3, -0.25) is 4.68 Å². The minimum atomic E-state index is 0.540. The molecule has 0 bridgehead atoms. The summed E-state index contributed by atoms with van der Waals surface area (Å²) in [5.41, 5.74) is 2.16. The summed E-state index contributed by atoms with van der Waals surface area (Å²) in [5, 5.41) is 13.7. The molecule has 4 nitrogen and oxygen atoms in total. The van der Waals surface area contributed by atoms with Crippen molar-refractivity contribution in [3.05, 3.63) is 76.5 Å². The van der Waals surface area contributed by atoms with Gasteiger partial charge in [0.25, 0.3) is 0 Å². The molecule has 24 heavy (non-hydrogen) atoms. The van der Waals surface area contributed by atoms with Crippen LogP contribution in [0.3, 0.4) is 0 Å². The average Bonchev–Trinajstić information content (AvgIpc) is 2.92. The van der Waals surface area contributed by atoms with E-state index in [0.717, 1.165) is 21.5 Å². The Morgan fingerprint density at radius 1 is 1.17 bits per heavy atom.